The largest absolute Gasteiger partial charge is 0.422 e. The summed E-state index contributed by atoms with van der Waals surface area (Å²) in [5.74, 6) is -0.0288. The van der Waals surface area contributed by atoms with Crippen LogP contribution in [0.15, 0.2) is 54.6 Å². The Bertz CT molecular complexity index is 793. The van der Waals surface area contributed by atoms with Gasteiger partial charge in [0, 0.05) is 0 Å². The van der Waals surface area contributed by atoms with Crippen molar-refractivity contribution in [3.63, 3.8) is 0 Å². The third-order valence-electron chi connectivity index (χ3n) is 3.32. The first-order chi connectivity index (χ1) is 10.6. The highest BCUT2D eigenvalue weighted by molar-refractivity contribution is 5.90. The Balaban J connectivity index is 1.87. The monoisotopic (exact) mass is 293 g/mol. The number of hydrogen-bond donors (Lipinski definition) is 0. The van der Waals surface area contributed by atoms with E-state index >= 15 is 0 Å². The Morgan fingerprint density at radius 2 is 1.68 bits per heavy atom. The van der Waals surface area contributed by atoms with Gasteiger partial charge in [-0.25, -0.2) is 9.48 Å². The first-order valence-electron chi connectivity index (χ1n) is 6.92. The molecule has 3 rings (SSSR count). The van der Waals surface area contributed by atoms with Crippen molar-refractivity contribution in [3.8, 4) is 11.4 Å². The second-order valence-corrected chi connectivity index (χ2v) is 4.97. The minimum absolute atomic E-state index is 0.212. The molecule has 22 heavy (non-hydrogen) atoms. The van der Waals surface area contributed by atoms with Crippen molar-refractivity contribution >= 4 is 5.97 Å². The summed E-state index contributed by atoms with van der Waals surface area (Å²) >= 11 is 0. The van der Waals surface area contributed by atoms with E-state index in [1.54, 1.807) is 35.9 Å². The molecule has 2 aromatic carbocycles. The van der Waals surface area contributed by atoms with Gasteiger partial charge in [0.25, 0.3) is 0 Å². The molecule has 0 aliphatic carbocycles. The van der Waals surface area contributed by atoms with E-state index in [9.17, 15) is 4.79 Å². The average molecular weight is 293 g/mol. The van der Waals surface area contributed by atoms with Crippen LogP contribution in [-0.4, -0.2) is 21.0 Å². The molecule has 110 valence electrons. The Morgan fingerprint density at radius 3 is 2.36 bits per heavy atom. The van der Waals surface area contributed by atoms with Crippen LogP contribution in [0, 0.1) is 13.8 Å². The minimum Gasteiger partial charge on any atom is -0.422 e. The van der Waals surface area contributed by atoms with Gasteiger partial charge in [-0.15, -0.1) is 5.10 Å². The van der Waals surface area contributed by atoms with Crippen molar-refractivity contribution < 1.29 is 9.53 Å². The second-order valence-electron chi connectivity index (χ2n) is 4.97. The van der Waals surface area contributed by atoms with Crippen LogP contribution in [0.5, 0.6) is 5.75 Å². The number of hydrogen-bond acceptors (Lipinski definition) is 4. The molecule has 0 amide bonds. The lowest BCUT2D eigenvalue weighted by Crippen LogP contribution is -2.11. The summed E-state index contributed by atoms with van der Waals surface area (Å²) in [5, 5.41) is 7.99. The molecule has 0 fully saturated rings. The number of carbonyl (C=O) groups is 1. The number of benzene rings is 2. The Labute approximate surface area is 128 Å². The molecular weight excluding hydrogens is 278 g/mol. The summed E-state index contributed by atoms with van der Waals surface area (Å²) in [6.45, 7) is 3.81. The molecule has 0 bridgehead atoms. The van der Waals surface area contributed by atoms with Gasteiger partial charge in [0.1, 0.15) is 5.75 Å². The number of rotatable bonds is 3. The van der Waals surface area contributed by atoms with E-state index in [2.05, 4.69) is 10.3 Å². The van der Waals surface area contributed by atoms with Crippen molar-refractivity contribution in [2.75, 3.05) is 0 Å². The predicted octanol–water partition coefficient (Wildman–Crippen LogP) is 3.10. The highest BCUT2D eigenvalue weighted by atomic mass is 16.5. The lowest BCUT2D eigenvalue weighted by molar-refractivity contribution is 0.0727. The second kappa shape index (κ2) is 5.81. The molecule has 0 unspecified atom stereocenters. The van der Waals surface area contributed by atoms with Crippen molar-refractivity contribution in [3.05, 3.63) is 71.5 Å². The summed E-state index contributed by atoms with van der Waals surface area (Å²) in [7, 11) is 0. The molecule has 1 heterocycles. The lowest BCUT2D eigenvalue weighted by atomic mass is 10.2. The number of ether oxygens (including phenoxy) is 1. The van der Waals surface area contributed by atoms with Gasteiger partial charge in [0.15, 0.2) is 5.69 Å². The van der Waals surface area contributed by atoms with E-state index in [0.29, 0.717) is 11.4 Å². The fourth-order valence-electron chi connectivity index (χ4n) is 2.09. The van der Waals surface area contributed by atoms with Gasteiger partial charge in [-0.3, -0.25) is 0 Å². The van der Waals surface area contributed by atoms with Gasteiger partial charge in [-0.05, 0) is 38.1 Å². The van der Waals surface area contributed by atoms with Crippen LogP contribution >= 0.6 is 0 Å². The molecule has 0 aliphatic rings. The summed E-state index contributed by atoms with van der Waals surface area (Å²) in [6.07, 6.45) is 0. The highest BCUT2D eigenvalue weighted by Crippen LogP contribution is 2.16. The predicted molar refractivity (Wildman–Crippen MR) is 82.2 cm³/mol. The average Bonchev–Trinajstić information content (AvgIpc) is 2.91. The van der Waals surface area contributed by atoms with Crippen LogP contribution in [0.4, 0.5) is 0 Å². The van der Waals surface area contributed by atoms with Gasteiger partial charge in [0.05, 0.1) is 11.4 Å². The van der Waals surface area contributed by atoms with Gasteiger partial charge >= 0.3 is 5.97 Å². The molecule has 0 saturated heterocycles. The van der Waals surface area contributed by atoms with Gasteiger partial charge in [-0.2, -0.15) is 0 Å². The normalized spacial score (nSPS) is 10.5. The van der Waals surface area contributed by atoms with Crippen LogP contribution in [0.2, 0.25) is 0 Å². The van der Waals surface area contributed by atoms with Crippen molar-refractivity contribution in [1.82, 2.24) is 15.0 Å². The van der Waals surface area contributed by atoms with Crippen LogP contribution in [0.3, 0.4) is 0 Å². The number of esters is 1. The van der Waals surface area contributed by atoms with E-state index in [1.165, 1.54) is 0 Å². The fourth-order valence-corrected chi connectivity index (χ4v) is 2.09. The summed E-state index contributed by atoms with van der Waals surface area (Å²) in [4.78, 5) is 12.2. The minimum atomic E-state index is -0.512. The SMILES string of the molecule is Cc1ccc(-n2nnc(C(=O)Oc3ccccc3)c2C)cc1. The maximum atomic E-state index is 12.2. The summed E-state index contributed by atoms with van der Waals surface area (Å²) < 4.78 is 6.92. The van der Waals surface area contributed by atoms with Gasteiger partial charge < -0.3 is 4.74 Å². The molecule has 0 aliphatic heterocycles. The van der Waals surface area contributed by atoms with E-state index in [1.807, 2.05) is 37.3 Å². The summed E-state index contributed by atoms with van der Waals surface area (Å²) in [5.41, 5.74) is 2.87. The molecular formula is C17H15N3O2. The zero-order chi connectivity index (χ0) is 15.5. The van der Waals surface area contributed by atoms with E-state index in [-0.39, 0.29) is 5.69 Å². The standard InChI is InChI=1S/C17H15N3O2/c1-12-8-10-14(11-9-12)20-13(2)16(18-19-20)17(21)22-15-6-4-3-5-7-15/h3-11H,1-2H3. The van der Waals surface area contributed by atoms with Crippen molar-refractivity contribution in [2.24, 2.45) is 0 Å². The quantitative estimate of drug-likeness (QED) is 0.550. The van der Waals surface area contributed by atoms with E-state index in [4.69, 9.17) is 4.74 Å². The molecule has 0 radical (unpaired) electrons. The van der Waals surface area contributed by atoms with Crippen LogP contribution in [0.25, 0.3) is 5.69 Å². The third kappa shape index (κ3) is 2.74. The maximum Gasteiger partial charge on any atom is 0.366 e. The van der Waals surface area contributed by atoms with Crippen LogP contribution < -0.4 is 4.74 Å². The summed E-state index contributed by atoms with van der Waals surface area (Å²) in [6, 6.07) is 16.7. The molecule has 5 nitrogen and oxygen atoms in total. The first kappa shape index (κ1) is 14.0. The molecule has 0 atom stereocenters. The zero-order valence-electron chi connectivity index (χ0n) is 12.4. The van der Waals surface area contributed by atoms with E-state index < -0.39 is 5.97 Å². The Morgan fingerprint density at radius 1 is 1.00 bits per heavy atom. The van der Waals surface area contributed by atoms with Crippen LogP contribution in [0.1, 0.15) is 21.7 Å². The third-order valence-corrected chi connectivity index (χ3v) is 3.32. The molecule has 1 aromatic heterocycles. The number of para-hydroxylation sites is 1. The number of aromatic nitrogens is 3. The topological polar surface area (TPSA) is 57.0 Å². The van der Waals surface area contributed by atoms with Crippen molar-refractivity contribution in [2.45, 2.75) is 13.8 Å². The Kier molecular flexibility index (Phi) is 3.70. The molecule has 0 spiro atoms. The van der Waals surface area contributed by atoms with Gasteiger partial charge in [0.2, 0.25) is 0 Å². The fraction of sp³-hybridized carbons (Fsp3) is 0.118. The van der Waals surface area contributed by atoms with Gasteiger partial charge in [-0.1, -0.05) is 41.1 Å². The number of carbonyl (C=O) groups excluding carboxylic acids is 1. The molecule has 0 N–H and O–H groups in total. The molecule has 3 aromatic rings. The van der Waals surface area contributed by atoms with E-state index in [0.717, 1.165) is 11.3 Å². The molecule has 5 heteroatoms. The zero-order valence-corrected chi connectivity index (χ0v) is 12.4. The number of aryl methyl sites for hydroxylation is 1. The first-order valence-corrected chi connectivity index (χ1v) is 6.92. The van der Waals surface area contributed by atoms with Crippen LogP contribution in [-0.2, 0) is 0 Å². The Hall–Kier alpha value is -2.95. The highest BCUT2D eigenvalue weighted by Gasteiger charge is 2.19. The lowest BCUT2D eigenvalue weighted by Gasteiger charge is -2.04. The number of nitrogens with zero attached hydrogens (tertiary/aromatic N) is 3. The maximum absolute atomic E-state index is 12.2. The smallest absolute Gasteiger partial charge is 0.366 e. The molecule has 0 saturated carbocycles. The van der Waals surface area contributed by atoms with Crippen molar-refractivity contribution in [1.29, 1.82) is 0 Å².